The van der Waals surface area contributed by atoms with E-state index in [1.807, 2.05) is 13.8 Å². The number of nitrogens with one attached hydrogen (secondary N) is 3. The molecule has 1 unspecified atom stereocenters. The van der Waals surface area contributed by atoms with Gasteiger partial charge in [0.05, 0.1) is 6.26 Å². The van der Waals surface area contributed by atoms with E-state index in [9.17, 15) is 8.42 Å². The highest BCUT2D eigenvalue weighted by Gasteiger charge is 2.24. The Balaban J connectivity index is 2.42. The zero-order chi connectivity index (χ0) is 16.8. The summed E-state index contributed by atoms with van der Waals surface area (Å²) in [5.74, 6) is 0.700. The maximum atomic E-state index is 11.3. The highest BCUT2D eigenvalue weighted by atomic mass is 32.2. The second-order valence-corrected chi connectivity index (χ2v) is 8.24. The number of nitrogens with zero attached hydrogens (tertiary/aromatic N) is 2. The number of guanidine groups is 1. The predicted octanol–water partition coefficient (Wildman–Crippen LogP) is -0.0365. The summed E-state index contributed by atoms with van der Waals surface area (Å²) in [6, 6.07) is 0.547. The van der Waals surface area contributed by atoms with Crippen LogP contribution in [0.4, 0.5) is 0 Å². The molecule has 0 spiro atoms. The lowest BCUT2D eigenvalue weighted by atomic mass is 10.1. The van der Waals surface area contributed by atoms with Crippen LogP contribution in [-0.2, 0) is 10.0 Å². The summed E-state index contributed by atoms with van der Waals surface area (Å²) in [4.78, 5) is 6.67. The Morgan fingerprint density at radius 3 is 2.59 bits per heavy atom. The Morgan fingerprint density at radius 1 is 1.36 bits per heavy atom. The fourth-order valence-corrected chi connectivity index (χ4v) is 3.90. The minimum absolute atomic E-state index is 0.460. The van der Waals surface area contributed by atoms with Gasteiger partial charge in [0.15, 0.2) is 5.96 Å². The minimum atomic E-state index is -3.23. The van der Waals surface area contributed by atoms with Crippen molar-refractivity contribution in [1.29, 1.82) is 0 Å². The van der Waals surface area contributed by atoms with E-state index in [1.54, 1.807) is 7.05 Å². The quantitative estimate of drug-likeness (QED) is 0.450. The normalized spacial score (nSPS) is 21.1. The zero-order valence-electron chi connectivity index (χ0n) is 14.4. The van der Waals surface area contributed by atoms with Gasteiger partial charge < -0.3 is 10.6 Å². The number of aliphatic imine (C=N–C) groups is 1. The monoisotopic (exact) mass is 333 g/mol. The molecule has 1 atom stereocenters. The Morgan fingerprint density at radius 2 is 2.05 bits per heavy atom. The molecule has 1 fully saturated rings. The highest BCUT2D eigenvalue weighted by Crippen LogP contribution is 2.15. The van der Waals surface area contributed by atoms with Gasteiger partial charge in [-0.25, -0.2) is 13.1 Å². The first-order valence-electron chi connectivity index (χ1n) is 7.84. The van der Waals surface area contributed by atoms with Crippen molar-refractivity contribution in [3.05, 3.63) is 0 Å². The first-order valence-corrected chi connectivity index (χ1v) is 9.73. The standard InChI is InChI=1S/C14H31N5O2S/c1-6-19-9-7-8-12(19)10-16-13(15-4)17-11-14(2,3)18-22(5,20)21/h12,18H,6-11H2,1-5H3,(H2,15,16,17). The van der Waals surface area contributed by atoms with E-state index in [1.165, 1.54) is 25.6 Å². The van der Waals surface area contributed by atoms with E-state index in [4.69, 9.17) is 0 Å². The minimum Gasteiger partial charge on any atom is -0.355 e. The highest BCUT2D eigenvalue weighted by molar-refractivity contribution is 7.88. The molecule has 0 radical (unpaired) electrons. The molecule has 8 heteroatoms. The SMILES string of the molecule is CCN1CCCC1CNC(=NC)NCC(C)(C)NS(C)(=O)=O. The Labute approximate surface area is 135 Å². The molecule has 0 aromatic heterocycles. The lowest BCUT2D eigenvalue weighted by molar-refractivity contribution is 0.267. The third kappa shape index (κ3) is 6.93. The predicted molar refractivity (Wildman–Crippen MR) is 91.7 cm³/mol. The lowest BCUT2D eigenvalue weighted by Gasteiger charge is -2.27. The van der Waals surface area contributed by atoms with Gasteiger partial charge in [0, 0.05) is 31.7 Å². The van der Waals surface area contributed by atoms with Crippen molar-refractivity contribution in [2.24, 2.45) is 4.99 Å². The second kappa shape index (κ2) is 8.12. The number of sulfonamides is 1. The molecular formula is C14H31N5O2S. The van der Waals surface area contributed by atoms with Gasteiger partial charge in [-0.05, 0) is 39.8 Å². The zero-order valence-corrected chi connectivity index (χ0v) is 15.3. The molecule has 0 bridgehead atoms. The molecule has 1 rings (SSSR count). The van der Waals surface area contributed by atoms with E-state index in [0.29, 0.717) is 18.5 Å². The van der Waals surface area contributed by atoms with E-state index in [-0.39, 0.29) is 0 Å². The third-order valence-corrected chi connectivity index (χ3v) is 4.72. The molecule has 7 nitrogen and oxygen atoms in total. The van der Waals surface area contributed by atoms with Crippen LogP contribution in [0.15, 0.2) is 4.99 Å². The van der Waals surface area contributed by atoms with Crippen LogP contribution in [0, 0.1) is 0 Å². The maximum Gasteiger partial charge on any atom is 0.209 e. The molecule has 1 saturated heterocycles. The molecule has 1 aliphatic rings. The molecule has 1 aliphatic heterocycles. The molecule has 130 valence electrons. The van der Waals surface area contributed by atoms with Gasteiger partial charge in [-0.2, -0.15) is 0 Å². The van der Waals surface area contributed by atoms with Crippen LogP contribution < -0.4 is 15.4 Å². The van der Waals surface area contributed by atoms with E-state index in [0.717, 1.165) is 13.1 Å². The van der Waals surface area contributed by atoms with Crippen LogP contribution in [0.2, 0.25) is 0 Å². The first-order chi connectivity index (χ1) is 10.2. The van der Waals surface area contributed by atoms with Crippen LogP contribution in [0.1, 0.15) is 33.6 Å². The van der Waals surface area contributed by atoms with Crippen LogP contribution in [0.3, 0.4) is 0 Å². The molecule has 0 amide bonds. The molecule has 0 aromatic rings. The molecule has 0 saturated carbocycles. The Kier molecular flexibility index (Phi) is 7.08. The summed E-state index contributed by atoms with van der Waals surface area (Å²) >= 11 is 0. The molecule has 0 aliphatic carbocycles. The first kappa shape index (κ1) is 19.2. The molecular weight excluding hydrogens is 302 g/mol. The number of hydrogen-bond donors (Lipinski definition) is 3. The number of likely N-dealkylation sites (tertiary alicyclic amines) is 1. The lowest BCUT2D eigenvalue weighted by Crippen LogP contribution is -2.53. The molecule has 1 heterocycles. The molecule has 0 aromatic carbocycles. The van der Waals surface area contributed by atoms with Crippen molar-refractivity contribution in [3.8, 4) is 0 Å². The third-order valence-electron chi connectivity index (χ3n) is 3.79. The van der Waals surface area contributed by atoms with Crippen molar-refractivity contribution in [2.75, 3.05) is 39.5 Å². The van der Waals surface area contributed by atoms with E-state index in [2.05, 4.69) is 32.2 Å². The topological polar surface area (TPSA) is 85.8 Å². The number of likely N-dealkylation sites (N-methyl/N-ethyl adjacent to an activating group) is 1. The van der Waals surface area contributed by atoms with Gasteiger partial charge in [0.2, 0.25) is 10.0 Å². The second-order valence-electron chi connectivity index (χ2n) is 6.49. The van der Waals surface area contributed by atoms with Crippen molar-refractivity contribution < 1.29 is 8.42 Å². The Bertz CT molecular complexity index is 476. The van der Waals surface area contributed by atoms with Crippen LogP contribution in [-0.4, -0.2) is 70.3 Å². The van der Waals surface area contributed by atoms with Gasteiger partial charge >= 0.3 is 0 Å². The van der Waals surface area contributed by atoms with E-state index >= 15 is 0 Å². The van der Waals surface area contributed by atoms with E-state index < -0.39 is 15.6 Å². The van der Waals surface area contributed by atoms with Crippen molar-refractivity contribution >= 4 is 16.0 Å². The summed E-state index contributed by atoms with van der Waals surface area (Å²) in [5, 5.41) is 6.51. The van der Waals surface area contributed by atoms with Gasteiger partial charge in [-0.1, -0.05) is 6.92 Å². The van der Waals surface area contributed by atoms with Crippen LogP contribution in [0.25, 0.3) is 0 Å². The van der Waals surface area contributed by atoms with Gasteiger partial charge in [-0.15, -0.1) is 0 Å². The fraction of sp³-hybridized carbons (Fsp3) is 0.929. The van der Waals surface area contributed by atoms with Gasteiger partial charge in [0.1, 0.15) is 0 Å². The van der Waals surface area contributed by atoms with Gasteiger partial charge in [0.25, 0.3) is 0 Å². The average molecular weight is 334 g/mol. The van der Waals surface area contributed by atoms with Gasteiger partial charge in [-0.3, -0.25) is 9.89 Å². The Hall–Kier alpha value is -0.860. The molecule has 3 N–H and O–H groups in total. The maximum absolute atomic E-state index is 11.3. The smallest absolute Gasteiger partial charge is 0.209 e. The number of rotatable bonds is 7. The summed E-state index contributed by atoms with van der Waals surface area (Å²) < 4.78 is 25.3. The summed E-state index contributed by atoms with van der Waals surface area (Å²) in [5.41, 5.74) is -0.575. The van der Waals surface area contributed by atoms with Crippen LogP contribution in [0.5, 0.6) is 0 Å². The summed E-state index contributed by atoms with van der Waals surface area (Å²) in [6.45, 7) is 9.41. The summed E-state index contributed by atoms with van der Waals surface area (Å²) in [7, 11) is -1.51. The van der Waals surface area contributed by atoms with Crippen LogP contribution >= 0.6 is 0 Å². The average Bonchev–Trinajstić information content (AvgIpc) is 2.83. The number of hydrogen-bond acceptors (Lipinski definition) is 4. The van der Waals surface area contributed by atoms with Crippen molar-refractivity contribution in [2.45, 2.75) is 45.2 Å². The van der Waals surface area contributed by atoms with Crippen molar-refractivity contribution in [1.82, 2.24) is 20.3 Å². The summed E-state index contributed by atoms with van der Waals surface area (Å²) in [6.07, 6.45) is 3.62. The fourth-order valence-electron chi connectivity index (χ4n) is 2.82. The largest absolute Gasteiger partial charge is 0.355 e. The van der Waals surface area contributed by atoms with Crippen molar-refractivity contribution in [3.63, 3.8) is 0 Å². The molecule has 22 heavy (non-hydrogen) atoms.